The Bertz CT molecular complexity index is 380. The lowest BCUT2D eigenvalue weighted by atomic mass is 9.80. The summed E-state index contributed by atoms with van der Waals surface area (Å²) in [5.41, 5.74) is 5.71. The van der Waals surface area contributed by atoms with E-state index in [4.69, 9.17) is 10.2 Å². The molecule has 0 aromatic carbocycles. The van der Waals surface area contributed by atoms with Crippen LogP contribution in [0.25, 0.3) is 0 Å². The lowest BCUT2D eigenvalue weighted by Crippen LogP contribution is -2.43. The third-order valence-corrected chi connectivity index (χ3v) is 3.10. The summed E-state index contributed by atoms with van der Waals surface area (Å²) in [6.45, 7) is 2.61. The van der Waals surface area contributed by atoms with Gasteiger partial charge in [0.05, 0.1) is 0 Å². The van der Waals surface area contributed by atoms with E-state index in [1.807, 2.05) is 14.0 Å². The van der Waals surface area contributed by atoms with E-state index < -0.39 is 0 Å². The Morgan fingerprint density at radius 1 is 1.56 bits per heavy atom. The second kappa shape index (κ2) is 4.29. The van der Waals surface area contributed by atoms with Crippen LogP contribution in [-0.4, -0.2) is 30.4 Å². The van der Waals surface area contributed by atoms with E-state index in [0.717, 1.165) is 25.1 Å². The van der Waals surface area contributed by atoms with E-state index in [9.17, 15) is 4.79 Å². The van der Waals surface area contributed by atoms with Crippen molar-refractivity contribution in [1.29, 1.82) is 0 Å². The molecule has 88 valence electrons. The Hall–Kier alpha value is -1.29. The van der Waals surface area contributed by atoms with Gasteiger partial charge in [-0.1, -0.05) is 0 Å². The second-order valence-electron chi connectivity index (χ2n) is 4.69. The molecular weight excluding hydrogens is 204 g/mol. The van der Waals surface area contributed by atoms with Crippen molar-refractivity contribution in [3.8, 4) is 0 Å². The monoisotopic (exact) mass is 222 g/mol. The van der Waals surface area contributed by atoms with Crippen LogP contribution in [0.5, 0.6) is 0 Å². The molecule has 1 fully saturated rings. The average Bonchev–Trinajstić information content (AvgIpc) is 2.61. The summed E-state index contributed by atoms with van der Waals surface area (Å²) in [4.78, 5) is 13.6. The molecule has 0 spiro atoms. The molecule has 2 rings (SSSR count). The van der Waals surface area contributed by atoms with Gasteiger partial charge in [0, 0.05) is 19.6 Å². The fourth-order valence-electron chi connectivity index (χ4n) is 2.14. The van der Waals surface area contributed by atoms with Gasteiger partial charge in [0.25, 0.3) is 5.91 Å². The van der Waals surface area contributed by atoms with E-state index in [1.54, 1.807) is 17.0 Å². The van der Waals surface area contributed by atoms with Crippen molar-refractivity contribution in [3.05, 3.63) is 23.7 Å². The summed E-state index contributed by atoms with van der Waals surface area (Å²) in [6, 6.07) is 3.86. The number of furan rings is 1. The molecule has 4 heteroatoms. The van der Waals surface area contributed by atoms with Crippen LogP contribution in [-0.2, 0) is 0 Å². The first kappa shape index (κ1) is 11.2. The number of carbonyl (C=O) groups is 1. The Kier molecular flexibility index (Phi) is 3.01. The van der Waals surface area contributed by atoms with Crippen molar-refractivity contribution in [2.75, 3.05) is 13.6 Å². The Morgan fingerprint density at radius 2 is 2.25 bits per heavy atom. The second-order valence-corrected chi connectivity index (χ2v) is 4.69. The lowest BCUT2D eigenvalue weighted by molar-refractivity contribution is 0.0701. The number of nitrogens with two attached hydrogens (primary N) is 1. The quantitative estimate of drug-likeness (QED) is 0.841. The van der Waals surface area contributed by atoms with E-state index >= 15 is 0 Å². The van der Waals surface area contributed by atoms with Crippen molar-refractivity contribution in [2.24, 2.45) is 11.7 Å². The summed E-state index contributed by atoms with van der Waals surface area (Å²) in [5, 5.41) is 0. The molecule has 0 aliphatic heterocycles. The van der Waals surface area contributed by atoms with Gasteiger partial charge in [0.1, 0.15) is 5.76 Å². The molecule has 1 aliphatic rings. The highest BCUT2D eigenvalue weighted by Crippen LogP contribution is 2.26. The molecule has 1 saturated carbocycles. The largest absolute Gasteiger partial charge is 0.456 e. The van der Waals surface area contributed by atoms with Gasteiger partial charge >= 0.3 is 0 Å². The summed E-state index contributed by atoms with van der Waals surface area (Å²) >= 11 is 0. The zero-order chi connectivity index (χ0) is 11.7. The number of nitrogens with zero attached hydrogens (tertiary/aromatic N) is 1. The van der Waals surface area contributed by atoms with Crippen LogP contribution in [0.15, 0.2) is 16.5 Å². The van der Waals surface area contributed by atoms with Gasteiger partial charge in [-0.2, -0.15) is 0 Å². The number of rotatable bonds is 3. The van der Waals surface area contributed by atoms with Crippen LogP contribution in [0.1, 0.15) is 29.2 Å². The fraction of sp³-hybridized carbons (Fsp3) is 0.583. The zero-order valence-corrected chi connectivity index (χ0v) is 9.77. The number of amides is 1. The number of aryl methyl sites for hydroxylation is 1. The van der Waals surface area contributed by atoms with E-state index in [-0.39, 0.29) is 5.91 Å². The molecule has 1 aromatic heterocycles. The third-order valence-electron chi connectivity index (χ3n) is 3.10. The topological polar surface area (TPSA) is 59.5 Å². The molecule has 0 saturated heterocycles. The van der Waals surface area contributed by atoms with Gasteiger partial charge in [-0.15, -0.1) is 0 Å². The van der Waals surface area contributed by atoms with Crippen molar-refractivity contribution in [3.63, 3.8) is 0 Å². The molecule has 1 aliphatic carbocycles. The summed E-state index contributed by atoms with van der Waals surface area (Å²) in [7, 11) is 1.81. The summed E-state index contributed by atoms with van der Waals surface area (Å²) < 4.78 is 5.30. The fourth-order valence-corrected chi connectivity index (χ4v) is 2.14. The summed E-state index contributed by atoms with van der Waals surface area (Å²) in [5.74, 6) is 1.69. The van der Waals surface area contributed by atoms with Crippen molar-refractivity contribution in [1.82, 2.24) is 4.90 Å². The van der Waals surface area contributed by atoms with E-state index in [0.29, 0.717) is 17.7 Å². The molecule has 0 unspecified atom stereocenters. The van der Waals surface area contributed by atoms with Gasteiger partial charge in [-0.25, -0.2) is 0 Å². The maximum atomic E-state index is 11.9. The molecule has 16 heavy (non-hydrogen) atoms. The van der Waals surface area contributed by atoms with Crippen LogP contribution < -0.4 is 5.73 Å². The zero-order valence-electron chi connectivity index (χ0n) is 9.77. The van der Waals surface area contributed by atoms with Crippen LogP contribution >= 0.6 is 0 Å². The standard InChI is InChI=1S/C12H18N2O2/c1-8-3-4-11(16-8)12(15)14(2)7-9-5-10(13)6-9/h3-4,9-10H,5-7,13H2,1-2H3. The first-order chi connectivity index (χ1) is 7.56. The lowest BCUT2D eigenvalue weighted by Gasteiger charge is -2.35. The van der Waals surface area contributed by atoms with Gasteiger partial charge in [0.15, 0.2) is 5.76 Å². The van der Waals surface area contributed by atoms with Crippen LogP contribution in [0.3, 0.4) is 0 Å². The van der Waals surface area contributed by atoms with Crippen LogP contribution in [0.4, 0.5) is 0 Å². The highest BCUT2D eigenvalue weighted by molar-refractivity contribution is 5.91. The first-order valence-corrected chi connectivity index (χ1v) is 5.63. The third kappa shape index (κ3) is 2.27. The molecule has 0 radical (unpaired) electrons. The minimum atomic E-state index is -0.0476. The first-order valence-electron chi connectivity index (χ1n) is 5.63. The van der Waals surface area contributed by atoms with Gasteiger partial charge < -0.3 is 15.1 Å². The summed E-state index contributed by atoms with van der Waals surface area (Å²) in [6.07, 6.45) is 2.05. The van der Waals surface area contributed by atoms with E-state index in [2.05, 4.69) is 0 Å². The smallest absolute Gasteiger partial charge is 0.289 e. The predicted octanol–water partition coefficient (Wildman–Crippen LogP) is 1.40. The number of hydrogen-bond acceptors (Lipinski definition) is 3. The molecule has 1 amide bonds. The highest BCUT2D eigenvalue weighted by Gasteiger charge is 2.28. The molecule has 0 bridgehead atoms. The van der Waals surface area contributed by atoms with E-state index in [1.165, 1.54) is 0 Å². The molecule has 0 atom stereocenters. The molecular formula is C12H18N2O2. The average molecular weight is 222 g/mol. The Balaban J connectivity index is 1.89. The number of hydrogen-bond donors (Lipinski definition) is 1. The molecule has 1 aromatic rings. The molecule has 4 nitrogen and oxygen atoms in total. The normalized spacial score (nSPS) is 23.9. The maximum Gasteiger partial charge on any atom is 0.289 e. The molecule has 1 heterocycles. The minimum Gasteiger partial charge on any atom is -0.456 e. The minimum absolute atomic E-state index is 0.0476. The number of carbonyl (C=O) groups excluding carboxylic acids is 1. The van der Waals surface area contributed by atoms with Crippen molar-refractivity contribution >= 4 is 5.91 Å². The van der Waals surface area contributed by atoms with Crippen molar-refractivity contribution < 1.29 is 9.21 Å². The van der Waals surface area contributed by atoms with Gasteiger partial charge in [-0.3, -0.25) is 4.79 Å². The Labute approximate surface area is 95.4 Å². The van der Waals surface area contributed by atoms with Crippen LogP contribution in [0, 0.1) is 12.8 Å². The van der Waals surface area contributed by atoms with Gasteiger partial charge in [-0.05, 0) is 37.8 Å². The van der Waals surface area contributed by atoms with Crippen molar-refractivity contribution in [2.45, 2.75) is 25.8 Å². The molecule has 2 N–H and O–H groups in total. The Morgan fingerprint density at radius 3 is 2.75 bits per heavy atom. The van der Waals surface area contributed by atoms with Gasteiger partial charge in [0.2, 0.25) is 0 Å². The van der Waals surface area contributed by atoms with Crippen LogP contribution in [0.2, 0.25) is 0 Å². The SMILES string of the molecule is Cc1ccc(C(=O)N(C)CC2CC(N)C2)o1. The highest BCUT2D eigenvalue weighted by atomic mass is 16.3. The maximum absolute atomic E-state index is 11.9. The predicted molar refractivity (Wildman–Crippen MR) is 61.1 cm³/mol.